The SMILES string of the molecule is [2H]c1c([2H])c(-c2ccccc2-n2c3ccccc3c3ccccc32)c([2H])c([2H])c1Br. The molecular formula is C24H16BrN. The highest BCUT2D eigenvalue weighted by Gasteiger charge is 2.14. The van der Waals surface area contributed by atoms with Crippen molar-refractivity contribution in [1.29, 1.82) is 0 Å². The first-order valence-corrected chi connectivity index (χ1v) is 9.13. The summed E-state index contributed by atoms with van der Waals surface area (Å²) in [5.74, 6) is 0. The molecule has 0 N–H and O–H groups in total. The van der Waals surface area contributed by atoms with Crippen molar-refractivity contribution in [2.75, 3.05) is 0 Å². The van der Waals surface area contributed by atoms with Crippen molar-refractivity contribution in [2.45, 2.75) is 0 Å². The molecule has 0 saturated heterocycles. The summed E-state index contributed by atoms with van der Waals surface area (Å²) in [6.07, 6.45) is 0. The molecule has 1 heterocycles. The van der Waals surface area contributed by atoms with Gasteiger partial charge in [0.2, 0.25) is 0 Å². The summed E-state index contributed by atoms with van der Waals surface area (Å²) in [6, 6.07) is 23.6. The van der Waals surface area contributed by atoms with Gasteiger partial charge in [-0.15, -0.1) is 0 Å². The molecule has 0 unspecified atom stereocenters. The van der Waals surface area contributed by atoms with E-state index >= 15 is 0 Å². The van der Waals surface area contributed by atoms with E-state index in [1.807, 2.05) is 48.5 Å². The van der Waals surface area contributed by atoms with Gasteiger partial charge in [0.25, 0.3) is 0 Å². The lowest BCUT2D eigenvalue weighted by Crippen LogP contribution is -1.96. The number of rotatable bonds is 2. The maximum Gasteiger partial charge on any atom is 0.0635 e. The number of para-hydroxylation sites is 3. The summed E-state index contributed by atoms with van der Waals surface area (Å²) < 4.78 is 35.8. The zero-order valence-corrected chi connectivity index (χ0v) is 15.3. The molecule has 0 spiro atoms. The molecule has 0 fully saturated rings. The van der Waals surface area contributed by atoms with Gasteiger partial charge in [0.05, 0.1) is 22.2 Å². The van der Waals surface area contributed by atoms with Crippen LogP contribution >= 0.6 is 15.9 Å². The first kappa shape index (κ1) is 11.7. The Hall–Kier alpha value is -2.84. The van der Waals surface area contributed by atoms with Crippen LogP contribution in [0.15, 0.2) is 101 Å². The maximum atomic E-state index is 8.53. The molecule has 5 aromatic rings. The van der Waals surface area contributed by atoms with E-state index in [-0.39, 0.29) is 28.6 Å². The fourth-order valence-electron chi connectivity index (χ4n) is 3.49. The summed E-state index contributed by atoms with van der Waals surface area (Å²) in [5, 5.41) is 2.25. The van der Waals surface area contributed by atoms with Crippen molar-refractivity contribution in [3.05, 3.63) is 101 Å². The number of halogens is 1. The normalized spacial score (nSPS) is 13.4. The Morgan fingerprint density at radius 3 is 1.85 bits per heavy atom. The van der Waals surface area contributed by atoms with Crippen LogP contribution in [0.2, 0.25) is 0 Å². The lowest BCUT2D eigenvalue weighted by atomic mass is 10.0. The van der Waals surface area contributed by atoms with Gasteiger partial charge in [-0.25, -0.2) is 0 Å². The molecule has 0 atom stereocenters. The monoisotopic (exact) mass is 401 g/mol. The summed E-state index contributed by atoms with van der Waals surface area (Å²) in [4.78, 5) is 0. The molecule has 4 aromatic carbocycles. The average Bonchev–Trinajstić information content (AvgIpc) is 3.11. The van der Waals surface area contributed by atoms with Gasteiger partial charge < -0.3 is 4.57 Å². The second kappa shape index (κ2) is 6.15. The standard InChI is InChI=1S/C24H16BrN/c25-18-15-13-17(14-16-18)19-7-1-4-10-22(19)26-23-11-5-2-8-20(23)21-9-3-6-12-24(21)26/h1-16H/i13D,14D,15D,16D. The van der Waals surface area contributed by atoms with Crippen LogP contribution in [0, 0.1) is 0 Å². The third-order valence-corrected chi connectivity index (χ3v) is 4.99. The van der Waals surface area contributed by atoms with Gasteiger partial charge in [0.15, 0.2) is 0 Å². The smallest absolute Gasteiger partial charge is 0.0635 e. The van der Waals surface area contributed by atoms with Crippen LogP contribution in [-0.4, -0.2) is 4.57 Å². The van der Waals surface area contributed by atoms with Crippen molar-refractivity contribution in [3.63, 3.8) is 0 Å². The number of aromatic nitrogens is 1. The fourth-order valence-corrected chi connectivity index (χ4v) is 3.69. The molecule has 0 saturated carbocycles. The molecule has 0 amide bonds. The molecule has 0 aliphatic heterocycles. The second-order valence-electron chi connectivity index (χ2n) is 6.08. The lowest BCUT2D eigenvalue weighted by molar-refractivity contribution is 1.18. The molecule has 2 heteroatoms. The van der Waals surface area contributed by atoms with Crippen LogP contribution < -0.4 is 0 Å². The van der Waals surface area contributed by atoms with Crippen LogP contribution in [-0.2, 0) is 0 Å². The zero-order valence-electron chi connectivity index (χ0n) is 17.8. The zero-order chi connectivity index (χ0) is 21.0. The summed E-state index contributed by atoms with van der Waals surface area (Å²) in [6.45, 7) is 0. The Morgan fingerprint density at radius 1 is 0.654 bits per heavy atom. The molecular weight excluding hydrogens is 382 g/mol. The van der Waals surface area contributed by atoms with E-state index in [1.54, 1.807) is 0 Å². The van der Waals surface area contributed by atoms with E-state index in [9.17, 15) is 0 Å². The van der Waals surface area contributed by atoms with Gasteiger partial charge in [-0.05, 0) is 35.8 Å². The Bertz CT molecular complexity index is 1370. The van der Waals surface area contributed by atoms with Crippen LogP contribution in [0.5, 0.6) is 0 Å². The van der Waals surface area contributed by atoms with Crippen molar-refractivity contribution in [3.8, 4) is 16.8 Å². The predicted octanol–water partition coefficient (Wildman–Crippen LogP) is 7.21. The number of benzene rings is 4. The Kier molecular flexibility index (Phi) is 2.77. The first-order valence-electron chi connectivity index (χ1n) is 10.3. The predicted molar refractivity (Wildman–Crippen MR) is 114 cm³/mol. The number of nitrogens with zero attached hydrogens (tertiary/aromatic N) is 1. The summed E-state index contributed by atoms with van der Waals surface area (Å²) in [7, 11) is 0. The molecule has 124 valence electrons. The van der Waals surface area contributed by atoms with E-state index in [0.29, 0.717) is 11.1 Å². The van der Waals surface area contributed by atoms with E-state index < -0.39 is 0 Å². The molecule has 0 bridgehead atoms. The van der Waals surface area contributed by atoms with E-state index in [0.717, 1.165) is 27.5 Å². The van der Waals surface area contributed by atoms with Gasteiger partial charge in [-0.1, -0.05) is 82.6 Å². The molecule has 0 aliphatic rings. The quantitative estimate of drug-likeness (QED) is 0.294. The minimum absolute atomic E-state index is 0.0592. The highest BCUT2D eigenvalue weighted by molar-refractivity contribution is 9.10. The Balaban J connectivity index is 1.93. The second-order valence-corrected chi connectivity index (χ2v) is 6.87. The number of fused-ring (bicyclic) bond motifs is 3. The minimum atomic E-state index is -0.0805. The van der Waals surface area contributed by atoms with Gasteiger partial charge in [-0.3, -0.25) is 0 Å². The van der Waals surface area contributed by atoms with Gasteiger partial charge in [0, 0.05) is 20.8 Å². The highest BCUT2D eigenvalue weighted by atomic mass is 79.9. The maximum absolute atomic E-state index is 8.53. The molecule has 0 aliphatic carbocycles. The Morgan fingerprint density at radius 2 is 1.19 bits per heavy atom. The first-order chi connectivity index (χ1) is 14.5. The number of hydrogen-bond donors (Lipinski definition) is 0. The van der Waals surface area contributed by atoms with E-state index in [4.69, 9.17) is 5.48 Å². The molecule has 1 aromatic heterocycles. The topological polar surface area (TPSA) is 4.93 Å². The van der Waals surface area contributed by atoms with Crippen LogP contribution in [0.1, 0.15) is 5.48 Å². The van der Waals surface area contributed by atoms with Crippen molar-refractivity contribution in [1.82, 2.24) is 4.57 Å². The summed E-state index contributed by atoms with van der Waals surface area (Å²) >= 11 is 3.19. The minimum Gasteiger partial charge on any atom is -0.309 e. The third-order valence-electron chi connectivity index (χ3n) is 4.59. The molecule has 5 rings (SSSR count). The van der Waals surface area contributed by atoms with Crippen LogP contribution in [0.4, 0.5) is 0 Å². The molecule has 26 heavy (non-hydrogen) atoms. The number of hydrogen-bond acceptors (Lipinski definition) is 0. The molecule has 1 nitrogen and oxygen atoms in total. The molecule has 0 radical (unpaired) electrons. The highest BCUT2D eigenvalue weighted by Crippen LogP contribution is 2.36. The largest absolute Gasteiger partial charge is 0.309 e. The van der Waals surface area contributed by atoms with Crippen molar-refractivity contribution >= 4 is 37.7 Å². The van der Waals surface area contributed by atoms with E-state index in [2.05, 4.69) is 44.8 Å². The van der Waals surface area contributed by atoms with Gasteiger partial charge >= 0.3 is 0 Å². The average molecular weight is 402 g/mol. The van der Waals surface area contributed by atoms with Gasteiger partial charge in [0.1, 0.15) is 0 Å². The lowest BCUT2D eigenvalue weighted by Gasteiger charge is -2.14. The van der Waals surface area contributed by atoms with Gasteiger partial charge in [-0.2, -0.15) is 0 Å². The van der Waals surface area contributed by atoms with Crippen LogP contribution in [0.3, 0.4) is 0 Å². The fraction of sp³-hybridized carbons (Fsp3) is 0. The van der Waals surface area contributed by atoms with Crippen molar-refractivity contribution < 1.29 is 5.48 Å². The summed E-state index contributed by atoms with van der Waals surface area (Å²) in [5.41, 5.74) is 3.83. The Labute approximate surface area is 166 Å². The van der Waals surface area contributed by atoms with E-state index in [1.165, 1.54) is 0 Å². The third kappa shape index (κ3) is 2.38. The van der Waals surface area contributed by atoms with Crippen LogP contribution in [0.25, 0.3) is 38.6 Å². The van der Waals surface area contributed by atoms with Crippen molar-refractivity contribution in [2.24, 2.45) is 0 Å².